The zero-order valence-corrected chi connectivity index (χ0v) is 16.6. The number of amides is 1. The number of benzene rings is 1. The Morgan fingerprint density at radius 1 is 1.29 bits per heavy atom. The van der Waals surface area contributed by atoms with Gasteiger partial charge in [0.15, 0.2) is 5.11 Å². The standard InChI is InChI=1S/C16H20BrN3O3S/c1-8-13(15(21)20(2)3)14(19-16(24)18-8)9-6-10(17)12(23-5)7-11(9)22-4/h6-7,13-14H,1-5H3,(H,19,24). The normalized spacial score (nSPS) is 20.1. The van der Waals surface area contributed by atoms with E-state index in [1.807, 2.05) is 13.0 Å². The fourth-order valence-electron chi connectivity index (χ4n) is 2.70. The number of ether oxygens (including phenoxy) is 2. The van der Waals surface area contributed by atoms with Crippen molar-refractivity contribution in [2.24, 2.45) is 10.9 Å². The number of aliphatic imine (C=N–C) groups is 1. The Bertz CT molecular complexity index is 706. The quantitative estimate of drug-likeness (QED) is 0.768. The molecule has 1 aromatic carbocycles. The van der Waals surface area contributed by atoms with Crippen LogP contribution in [0.15, 0.2) is 21.6 Å². The summed E-state index contributed by atoms with van der Waals surface area (Å²) in [5, 5.41) is 3.50. The first-order valence-corrected chi connectivity index (χ1v) is 8.48. The van der Waals surface area contributed by atoms with Crippen LogP contribution in [0.25, 0.3) is 0 Å². The highest BCUT2D eigenvalue weighted by Crippen LogP contribution is 2.39. The fraction of sp³-hybridized carbons (Fsp3) is 0.438. The maximum Gasteiger partial charge on any atom is 0.233 e. The summed E-state index contributed by atoms with van der Waals surface area (Å²) < 4.78 is 11.6. The molecule has 1 N–H and O–H groups in total. The van der Waals surface area contributed by atoms with Crippen molar-refractivity contribution >= 4 is 44.9 Å². The zero-order chi connectivity index (χ0) is 18.0. The van der Waals surface area contributed by atoms with E-state index in [2.05, 4.69) is 26.2 Å². The number of carbonyl (C=O) groups excluding carboxylic acids is 1. The minimum atomic E-state index is -0.471. The molecule has 0 saturated heterocycles. The molecule has 2 rings (SSSR count). The van der Waals surface area contributed by atoms with Gasteiger partial charge in [-0.15, -0.1) is 0 Å². The van der Waals surface area contributed by atoms with Crippen LogP contribution in [-0.4, -0.2) is 49.9 Å². The van der Waals surface area contributed by atoms with Gasteiger partial charge in [0.25, 0.3) is 0 Å². The van der Waals surface area contributed by atoms with E-state index in [0.29, 0.717) is 22.3 Å². The minimum Gasteiger partial charge on any atom is -0.496 e. The van der Waals surface area contributed by atoms with Crippen LogP contribution in [0.1, 0.15) is 18.5 Å². The SMILES string of the molecule is COc1cc(OC)c(C2NC(=S)N=C(C)C2C(=O)N(C)C)cc1Br. The number of hydrogen-bond acceptors (Lipinski definition) is 4. The number of thiocarbonyl (C=S) groups is 1. The second-order valence-corrected chi connectivity index (χ2v) is 6.86. The number of nitrogens with zero attached hydrogens (tertiary/aromatic N) is 2. The minimum absolute atomic E-state index is 0.0507. The average molecular weight is 414 g/mol. The molecule has 0 bridgehead atoms. The summed E-state index contributed by atoms with van der Waals surface area (Å²) in [4.78, 5) is 18.5. The maximum absolute atomic E-state index is 12.7. The Kier molecular flexibility index (Phi) is 5.82. The number of hydrogen-bond donors (Lipinski definition) is 1. The van der Waals surface area contributed by atoms with E-state index in [0.717, 1.165) is 10.0 Å². The zero-order valence-electron chi connectivity index (χ0n) is 14.2. The van der Waals surface area contributed by atoms with Crippen molar-refractivity contribution < 1.29 is 14.3 Å². The predicted octanol–water partition coefficient (Wildman–Crippen LogP) is 2.56. The lowest BCUT2D eigenvalue weighted by molar-refractivity contribution is -0.131. The van der Waals surface area contributed by atoms with Crippen LogP contribution in [0.2, 0.25) is 0 Å². The van der Waals surface area contributed by atoms with Crippen molar-refractivity contribution in [3.8, 4) is 11.5 Å². The summed E-state index contributed by atoms with van der Waals surface area (Å²) in [6.07, 6.45) is 0. The number of rotatable bonds is 4. The first-order valence-electron chi connectivity index (χ1n) is 7.28. The molecular formula is C16H20BrN3O3S. The molecule has 0 aliphatic carbocycles. The van der Waals surface area contributed by atoms with Gasteiger partial charge in [0, 0.05) is 31.4 Å². The lowest BCUT2D eigenvalue weighted by atomic mass is 9.86. The molecule has 0 fully saturated rings. The van der Waals surface area contributed by atoms with Crippen molar-refractivity contribution in [3.63, 3.8) is 0 Å². The average Bonchev–Trinajstić information content (AvgIpc) is 2.53. The van der Waals surface area contributed by atoms with Crippen molar-refractivity contribution in [2.75, 3.05) is 28.3 Å². The molecule has 2 unspecified atom stereocenters. The molecular weight excluding hydrogens is 394 g/mol. The van der Waals surface area contributed by atoms with E-state index in [1.54, 1.807) is 39.3 Å². The summed E-state index contributed by atoms with van der Waals surface area (Å²) in [6, 6.07) is 3.29. The van der Waals surface area contributed by atoms with Crippen molar-refractivity contribution in [2.45, 2.75) is 13.0 Å². The molecule has 0 spiro atoms. The molecule has 1 amide bonds. The first-order chi connectivity index (χ1) is 11.3. The highest BCUT2D eigenvalue weighted by molar-refractivity contribution is 9.10. The van der Waals surface area contributed by atoms with E-state index in [-0.39, 0.29) is 11.9 Å². The topological polar surface area (TPSA) is 63.2 Å². The molecule has 2 atom stereocenters. The van der Waals surface area contributed by atoms with Gasteiger partial charge in [-0.3, -0.25) is 4.79 Å². The van der Waals surface area contributed by atoms with Crippen LogP contribution in [0, 0.1) is 5.92 Å². The molecule has 1 aromatic rings. The van der Waals surface area contributed by atoms with Crippen LogP contribution < -0.4 is 14.8 Å². The largest absolute Gasteiger partial charge is 0.496 e. The van der Waals surface area contributed by atoms with Gasteiger partial charge in [-0.1, -0.05) is 0 Å². The van der Waals surface area contributed by atoms with Gasteiger partial charge < -0.3 is 19.7 Å². The summed E-state index contributed by atoms with van der Waals surface area (Å²) >= 11 is 8.71. The van der Waals surface area contributed by atoms with Crippen molar-refractivity contribution in [3.05, 3.63) is 22.2 Å². The molecule has 1 aliphatic rings. The summed E-state index contributed by atoms with van der Waals surface area (Å²) in [5.41, 5.74) is 1.48. The highest BCUT2D eigenvalue weighted by Gasteiger charge is 2.38. The van der Waals surface area contributed by atoms with E-state index >= 15 is 0 Å². The van der Waals surface area contributed by atoms with Crippen LogP contribution >= 0.6 is 28.1 Å². The molecule has 24 heavy (non-hydrogen) atoms. The molecule has 0 radical (unpaired) electrons. The second kappa shape index (κ2) is 7.48. The predicted molar refractivity (Wildman–Crippen MR) is 101 cm³/mol. The number of methoxy groups -OCH3 is 2. The van der Waals surface area contributed by atoms with Gasteiger partial charge in [0.1, 0.15) is 17.4 Å². The van der Waals surface area contributed by atoms with Gasteiger partial charge in [0.2, 0.25) is 5.91 Å². The maximum atomic E-state index is 12.7. The second-order valence-electron chi connectivity index (χ2n) is 5.62. The van der Waals surface area contributed by atoms with Crippen LogP contribution in [0.4, 0.5) is 0 Å². The Morgan fingerprint density at radius 3 is 2.46 bits per heavy atom. The van der Waals surface area contributed by atoms with Crippen molar-refractivity contribution in [1.82, 2.24) is 10.2 Å². The Morgan fingerprint density at radius 2 is 1.92 bits per heavy atom. The van der Waals surface area contributed by atoms with E-state index < -0.39 is 5.92 Å². The van der Waals surface area contributed by atoms with Gasteiger partial charge in [0.05, 0.1) is 24.7 Å². The molecule has 1 heterocycles. The van der Waals surface area contributed by atoms with Crippen LogP contribution in [0.3, 0.4) is 0 Å². The monoisotopic (exact) mass is 413 g/mol. The third kappa shape index (κ3) is 3.54. The first kappa shape index (κ1) is 18.7. The van der Waals surface area contributed by atoms with E-state index in [1.165, 1.54) is 0 Å². The highest BCUT2D eigenvalue weighted by atomic mass is 79.9. The molecule has 6 nitrogen and oxygen atoms in total. The van der Waals surface area contributed by atoms with E-state index in [4.69, 9.17) is 21.7 Å². The number of nitrogens with one attached hydrogen (secondary N) is 1. The third-order valence-electron chi connectivity index (χ3n) is 3.89. The molecule has 0 aromatic heterocycles. The molecule has 0 saturated carbocycles. The lowest BCUT2D eigenvalue weighted by Crippen LogP contribution is -2.47. The van der Waals surface area contributed by atoms with Gasteiger partial charge in [-0.2, -0.15) is 0 Å². The summed E-state index contributed by atoms with van der Waals surface area (Å²) in [5.74, 6) is 0.739. The van der Waals surface area contributed by atoms with Crippen molar-refractivity contribution in [1.29, 1.82) is 0 Å². The number of halogens is 1. The smallest absolute Gasteiger partial charge is 0.233 e. The summed E-state index contributed by atoms with van der Waals surface area (Å²) in [7, 11) is 6.61. The van der Waals surface area contributed by atoms with Crippen LogP contribution in [0.5, 0.6) is 11.5 Å². The van der Waals surface area contributed by atoms with E-state index in [9.17, 15) is 4.79 Å². The summed E-state index contributed by atoms with van der Waals surface area (Å²) in [6.45, 7) is 1.82. The van der Waals surface area contributed by atoms with Gasteiger partial charge in [-0.05, 0) is 41.1 Å². The Labute approximate surface area is 155 Å². The van der Waals surface area contributed by atoms with Gasteiger partial charge in [-0.25, -0.2) is 4.99 Å². The van der Waals surface area contributed by atoms with Crippen LogP contribution in [-0.2, 0) is 4.79 Å². The molecule has 1 aliphatic heterocycles. The molecule has 130 valence electrons. The number of carbonyl (C=O) groups is 1. The molecule has 8 heteroatoms. The Hall–Kier alpha value is -1.67. The lowest BCUT2D eigenvalue weighted by Gasteiger charge is -2.34. The fourth-order valence-corrected chi connectivity index (χ4v) is 3.50. The Balaban J connectivity index is 2.59. The third-order valence-corrected chi connectivity index (χ3v) is 4.72. The van der Waals surface area contributed by atoms with Gasteiger partial charge >= 0.3 is 0 Å².